The number of benzene rings is 2. The fraction of sp³-hybridized carbons (Fsp3) is 0.333. The molecule has 0 saturated heterocycles. The highest BCUT2D eigenvalue weighted by molar-refractivity contribution is 5.98. The molecular weight excluding hydrogens is 454 g/mol. The second-order valence-corrected chi connectivity index (χ2v) is 9.84. The van der Waals surface area contributed by atoms with Crippen molar-refractivity contribution in [2.75, 3.05) is 37.8 Å². The van der Waals surface area contributed by atoms with Crippen molar-refractivity contribution in [3.8, 4) is 0 Å². The quantitative estimate of drug-likeness (QED) is 0.366. The summed E-state index contributed by atoms with van der Waals surface area (Å²) in [7, 11) is 4.01. The van der Waals surface area contributed by atoms with Crippen LogP contribution in [0, 0.1) is 0 Å². The molecule has 1 unspecified atom stereocenters. The van der Waals surface area contributed by atoms with Crippen molar-refractivity contribution in [3.63, 3.8) is 0 Å². The summed E-state index contributed by atoms with van der Waals surface area (Å²) < 4.78 is 0. The van der Waals surface area contributed by atoms with E-state index in [2.05, 4.69) is 38.3 Å². The average molecular weight is 490 g/mol. The molecule has 2 atom stereocenters. The third-order valence-electron chi connectivity index (χ3n) is 6.57. The maximum atomic E-state index is 13.5. The summed E-state index contributed by atoms with van der Waals surface area (Å²) in [4.78, 5) is 29.0. The third-order valence-corrected chi connectivity index (χ3v) is 6.57. The molecule has 0 fully saturated rings. The smallest absolute Gasteiger partial charge is 0.318 e. The molecule has 2 heterocycles. The number of amides is 3. The molecule has 2 aliphatic heterocycles. The molecule has 3 amide bonds. The Bertz CT molecular complexity index is 1140. The van der Waals surface area contributed by atoms with Gasteiger partial charge >= 0.3 is 6.03 Å². The second kappa shape index (κ2) is 10.4. The highest BCUT2D eigenvalue weighted by Gasteiger charge is 2.47. The molecule has 0 spiro atoms. The first-order valence-corrected chi connectivity index (χ1v) is 12.0. The zero-order valence-electron chi connectivity index (χ0n) is 21.3. The molecule has 2 aromatic carbocycles. The van der Waals surface area contributed by atoms with E-state index in [1.165, 1.54) is 6.08 Å². The number of hydrazine groups is 1. The molecule has 0 bridgehead atoms. The van der Waals surface area contributed by atoms with Gasteiger partial charge in [-0.3, -0.25) is 4.79 Å². The third kappa shape index (κ3) is 5.37. The summed E-state index contributed by atoms with van der Waals surface area (Å²) in [5, 5.41) is 9.46. The Labute approximate surface area is 212 Å². The van der Waals surface area contributed by atoms with Crippen LogP contribution in [0.4, 0.5) is 16.2 Å². The average Bonchev–Trinajstić information content (AvgIpc) is 3.37. The van der Waals surface area contributed by atoms with E-state index in [1.807, 2.05) is 87.4 Å². The fourth-order valence-electron chi connectivity index (χ4n) is 4.65. The number of nitrogens with one attached hydrogen (secondary N) is 5. The Morgan fingerprint density at radius 1 is 1.14 bits per heavy atom. The van der Waals surface area contributed by atoms with Gasteiger partial charge in [0.05, 0.1) is 17.3 Å². The Hall–Kier alpha value is -3.82. The number of nitrogens with zero attached hydrogens (tertiary/aromatic N) is 2. The Morgan fingerprint density at radius 2 is 1.81 bits per heavy atom. The summed E-state index contributed by atoms with van der Waals surface area (Å²) in [6.45, 7) is 8.75. The monoisotopic (exact) mass is 489 g/mol. The summed E-state index contributed by atoms with van der Waals surface area (Å²) in [6, 6.07) is 17.3. The van der Waals surface area contributed by atoms with E-state index >= 15 is 0 Å². The highest BCUT2D eigenvalue weighted by Crippen LogP contribution is 2.37. The van der Waals surface area contributed by atoms with E-state index in [1.54, 1.807) is 0 Å². The van der Waals surface area contributed by atoms with Crippen molar-refractivity contribution in [1.82, 2.24) is 26.0 Å². The number of carbonyl (C=O) groups excluding carboxylic acids is 2. The standard InChI is InChI=1S/C27H35N7O2/c1-6-23(35)28-19-12-14-20(15-13-19)29-25-21-16-34(27(2,3)24(21)31-32-25)26(36)30-22(17-33(4)5)18-10-8-7-9-11-18/h6-15,22,25,29,31-32H,1,16-17H2,2-5H3,(H,28,35)(H,30,36)/t22-,25?/m1/s1. The first-order chi connectivity index (χ1) is 17.2. The number of anilines is 2. The number of carbonyl (C=O) groups is 2. The lowest BCUT2D eigenvalue weighted by Gasteiger charge is -2.36. The first kappa shape index (κ1) is 25.3. The van der Waals surface area contributed by atoms with Crippen molar-refractivity contribution in [1.29, 1.82) is 0 Å². The summed E-state index contributed by atoms with van der Waals surface area (Å²) in [5.74, 6) is -0.251. The van der Waals surface area contributed by atoms with Crippen LogP contribution in [-0.4, -0.2) is 60.6 Å². The minimum Gasteiger partial charge on any atom is -0.365 e. The van der Waals surface area contributed by atoms with E-state index in [9.17, 15) is 9.59 Å². The summed E-state index contributed by atoms with van der Waals surface area (Å²) in [5.41, 5.74) is 10.8. The van der Waals surface area contributed by atoms with Gasteiger partial charge in [0.1, 0.15) is 6.17 Å². The second-order valence-electron chi connectivity index (χ2n) is 9.84. The topological polar surface area (TPSA) is 101 Å². The minimum atomic E-state index is -0.513. The number of urea groups is 1. The molecular formula is C27H35N7O2. The summed E-state index contributed by atoms with van der Waals surface area (Å²) >= 11 is 0. The molecule has 0 aliphatic carbocycles. The van der Waals surface area contributed by atoms with E-state index < -0.39 is 5.54 Å². The van der Waals surface area contributed by atoms with E-state index in [-0.39, 0.29) is 24.1 Å². The fourth-order valence-corrected chi connectivity index (χ4v) is 4.65. The zero-order chi connectivity index (χ0) is 25.9. The lowest BCUT2D eigenvalue weighted by Crippen LogP contribution is -2.55. The number of hydrogen-bond acceptors (Lipinski definition) is 6. The van der Waals surface area contributed by atoms with Crippen molar-refractivity contribution < 1.29 is 9.59 Å². The van der Waals surface area contributed by atoms with Crippen LogP contribution in [0.15, 0.2) is 78.5 Å². The van der Waals surface area contributed by atoms with Gasteiger partial charge in [0.15, 0.2) is 0 Å². The molecule has 5 N–H and O–H groups in total. The van der Waals surface area contributed by atoms with Gasteiger partial charge in [-0.25, -0.2) is 10.2 Å². The van der Waals surface area contributed by atoms with Gasteiger partial charge in [0, 0.05) is 30.0 Å². The van der Waals surface area contributed by atoms with Gasteiger partial charge in [-0.05, 0) is 63.8 Å². The lowest BCUT2D eigenvalue weighted by atomic mass is 10.0. The summed E-state index contributed by atoms with van der Waals surface area (Å²) in [6.07, 6.45) is 1.05. The molecule has 9 nitrogen and oxygen atoms in total. The van der Waals surface area contributed by atoms with Crippen LogP contribution in [0.3, 0.4) is 0 Å². The van der Waals surface area contributed by atoms with Crippen molar-refractivity contribution >= 4 is 23.3 Å². The van der Waals surface area contributed by atoms with E-state index in [0.29, 0.717) is 18.8 Å². The van der Waals surface area contributed by atoms with Crippen LogP contribution < -0.4 is 26.8 Å². The van der Waals surface area contributed by atoms with Crippen LogP contribution in [-0.2, 0) is 4.79 Å². The minimum absolute atomic E-state index is 0.104. The number of hydrogen-bond donors (Lipinski definition) is 5. The van der Waals surface area contributed by atoms with Gasteiger partial charge < -0.3 is 31.2 Å². The van der Waals surface area contributed by atoms with Crippen LogP contribution in [0.5, 0.6) is 0 Å². The van der Waals surface area contributed by atoms with Gasteiger partial charge in [-0.1, -0.05) is 36.9 Å². The zero-order valence-corrected chi connectivity index (χ0v) is 21.3. The Balaban J connectivity index is 1.45. The Kier molecular flexibility index (Phi) is 7.32. The number of likely N-dealkylation sites (N-methyl/N-ethyl adjacent to an activating group) is 1. The Morgan fingerprint density at radius 3 is 2.44 bits per heavy atom. The van der Waals surface area contributed by atoms with Crippen LogP contribution in [0.1, 0.15) is 25.5 Å². The van der Waals surface area contributed by atoms with Crippen molar-refractivity contribution in [2.45, 2.75) is 31.6 Å². The van der Waals surface area contributed by atoms with Crippen molar-refractivity contribution in [2.24, 2.45) is 0 Å². The van der Waals surface area contributed by atoms with E-state index in [4.69, 9.17) is 0 Å². The molecule has 2 aromatic rings. The molecule has 4 rings (SSSR count). The van der Waals surface area contributed by atoms with Crippen molar-refractivity contribution in [3.05, 3.63) is 84.1 Å². The normalized spacial score (nSPS) is 18.9. The number of rotatable bonds is 8. The predicted octanol–water partition coefficient (Wildman–Crippen LogP) is 3.02. The van der Waals surface area contributed by atoms with E-state index in [0.717, 1.165) is 22.5 Å². The van der Waals surface area contributed by atoms with Crippen LogP contribution in [0.2, 0.25) is 0 Å². The maximum absolute atomic E-state index is 13.5. The van der Waals surface area contributed by atoms with Gasteiger partial charge in [-0.15, -0.1) is 0 Å². The molecule has 0 aromatic heterocycles. The predicted molar refractivity (Wildman–Crippen MR) is 143 cm³/mol. The van der Waals surface area contributed by atoms with Gasteiger partial charge in [0.2, 0.25) is 5.91 Å². The van der Waals surface area contributed by atoms with Gasteiger partial charge in [-0.2, -0.15) is 0 Å². The van der Waals surface area contributed by atoms with Gasteiger partial charge in [0.25, 0.3) is 0 Å². The first-order valence-electron chi connectivity index (χ1n) is 12.0. The van der Waals surface area contributed by atoms with Crippen LogP contribution in [0.25, 0.3) is 0 Å². The SMILES string of the molecule is C=CC(=O)Nc1ccc(NC2NNC3=C2CN(C(=O)N[C@H](CN(C)C)c2ccccc2)C3(C)C)cc1. The largest absolute Gasteiger partial charge is 0.365 e. The van der Waals surface area contributed by atoms with Crippen LogP contribution >= 0.6 is 0 Å². The molecule has 9 heteroatoms. The molecule has 2 aliphatic rings. The molecule has 0 saturated carbocycles. The molecule has 190 valence electrons. The molecule has 0 radical (unpaired) electrons. The molecule has 36 heavy (non-hydrogen) atoms. The highest BCUT2D eigenvalue weighted by atomic mass is 16.2. The maximum Gasteiger partial charge on any atom is 0.318 e. The lowest BCUT2D eigenvalue weighted by molar-refractivity contribution is -0.111.